The number of rotatable bonds is 5. The quantitative estimate of drug-likeness (QED) is 0.662. The molecule has 3 nitrogen and oxygen atoms in total. The first kappa shape index (κ1) is 18.5. The van der Waals surface area contributed by atoms with Gasteiger partial charge in [0.25, 0.3) is 0 Å². The summed E-state index contributed by atoms with van der Waals surface area (Å²) < 4.78 is 5.77. The van der Waals surface area contributed by atoms with Crippen LogP contribution >= 0.6 is 11.3 Å². The van der Waals surface area contributed by atoms with Crippen molar-refractivity contribution in [3.05, 3.63) is 68.7 Å². The van der Waals surface area contributed by atoms with Crippen molar-refractivity contribution in [1.29, 1.82) is 0 Å². The van der Waals surface area contributed by atoms with E-state index in [0.29, 0.717) is 6.04 Å². The number of nitrogens with zero attached hydrogens (tertiary/aromatic N) is 2. The lowest BCUT2D eigenvalue weighted by molar-refractivity contribution is 0.193. The van der Waals surface area contributed by atoms with Crippen molar-refractivity contribution in [2.45, 2.75) is 52.6 Å². The summed E-state index contributed by atoms with van der Waals surface area (Å²) in [6.45, 7) is 9.38. The van der Waals surface area contributed by atoms with Gasteiger partial charge in [0, 0.05) is 43.3 Å². The minimum atomic E-state index is 0.396. The standard InChI is InChI=1S/C23H28N2OS/c1-4-6-17(5-2)13-23-24-20-9-11-25(15-22(20)27-23)16(3)19-8-7-18-10-12-26-21(18)14-19/h4-8,14,16H,9-13,15H2,1-3H3/b6-4-,17-5+. The lowest BCUT2D eigenvalue weighted by Gasteiger charge is -2.32. The molecule has 1 aromatic carbocycles. The van der Waals surface area contributed by atoms with Gasteiger partial charge in [-0.3, -0.25) is 4.90 Å². The van der Waals surface area contributed by atoms with E-state index in [2.05, 4.69) is 62.1 Å². The van der Waals surface area contributed by atoms with Gasteiger partial charge in [-0.2, -0.15) is 0 Å². The highest BCUT2D eigenvalue weighted by atomic mass is 32.1. The topological polar surface area (TPSA) is 25.4 Å². The maximum absolute atomic E-state index is 5.77. The van der Waals surface area contributed by atoms with Crippen molar-refractivity contribution in [3.63, 3.8) is 0 Å². The van der Waals surface area contributed by atoms with E-state index in [1.54, 1.807) is 0 Å². The van der Waals surface area contributed by atoms with E-state index in [1.807, 2.05) is 11.3 Å². The van der Waals surface area contributed by atoms with E-state index in [0.717, 1.165) is 44.7 Å². The Morgan fingerprint density at radius 1 is 1.33 bits per heavy atom. The van der Waals surface area contributed by atoms with Crippen LogP contribution in [0.3, 0.4) is 0 Å². The second-order valence-corrected chi connectivity index (χ2v) is 8.55. The number of benzene rings is 1. The molecule has 2 aliphatic rings. The molecule has 1 aromatic heterocycles. The Bertz CT molecular complexity index is 880. The molecule has 0 saturated carbocycles. The van der Waals surface area contributed by atoms with Gasteiger partial charge in [0.1, 0.15) is 5.75 Å². The third-order valence-electron chi connectivity index (χ3n) is 5.66. The highest BCUT2D eigenvalue weighted by molar-refractivity contribution is 7.11. The molecule has 1 unspecified atom stereocenters. The zero-order valence-corrected chi connectivity index (χ0v) is 17.3. The van der Waals surface area contributed by atoms with Crippen LogP contribution in [0.1, 0.15) is 53.5 Å². The fourth-order valence-corrected chi connectivity index (χ4v) is 5.15. The van der Waals surface area contributed by atoms with Crippen molar-refractivity contribution in [3.8, 4) is 5.75 Å². The van der Waals surface area contributed by atoms with Crippen molar-refractivity contribution < 1.29 is 4.74 Å². The van der Waals surface area contributed by atoms with E-state index in [1.165, 1.54) is 32.3 Å². The highest BCUT2D eigenvalue weighted by Crippen LogP contribution is 2.34. The van der Waals surface area contributed by atoms with Crippen LogP contribution in [-0.2, 0) is 25.8 Å². The van der Waals surface area contributed by atoms with Crippen LogP contribution in [0.2, 0.25) is 0 Å². The average Bonchev–Trinajstić information content (AvgIpc) is 3.31. The Balaban J connectivity index is 1.48. The number of hydrogen-bond donors (Lipinski definition) is 0. The zero-order valence-electron chi connectivity index (χ0n) is 16.5. The molecule has 4 rings (SSSR count). The van der Waals surface area contributed by atoms with Crippen LogP contribution in [0.4, 0.5) is 0 Å². The monoisotopic (exact) mass is 380 g/mol. The molecule has 2 aliphatic heterocycles. The molecule has 3 heterocycles. The van der Waals surface area contributed by atoms with Gasteiger partial charge in [0.2, 0.25) is 0 Å². The molecule has 0 N–H and O–H groups in total. The Kier molecular flexibility index (Phi) is 5.46. The van der Waals surface area contributed by atoms with Crippen molar-refractivity contribution in [2.24, 2.45) is 0 Å². The van der Waals surface area contributed by atoms with Gasteiger partial charge in [-0.15, -0.1) is 11.3 Å². The molecule has 27 heavy (non-hydrogen) atoms. The van der Waals surface area contributed by atoms with E-state index < -0.39 is 0 Å². The van der Waals surface area contributed by atoms with E-state index in [9.17, 15) is 0 Å². The van der Waals surface area contributed by atoms with E-state index >= 15 is 0 Å². The van der Waals surface area contributed by atoms with E-state index in [4.69, 9.17) is 9.72 Å². The maximum Gasteiger partial charge on any atom is 0.122 e. The van der Waals surface area contributed by atoms with Crippen molar-refractivity contribution in [2.75, 3.05) is 13.2 Å². The summed E-state index contributed by atoms with van der Waals surface area (Å²) in [7, 11) is 0. The SMILES string of the molecule is C/C=C\C(=C/C)Cc1nc2c(s1)CN(C(C)c1ccc3c(c1)OCC3)CC2. The first-order valence-electron chi connectivity index (χ1n) is 9.93. The minimum Gasteiger partial charge on any atom is -0.493 e. The molecule has 0 aliphatic carbocycles. The van der Waals surface area contributed by atoms with Crippen molar-refractivity contribution >= 4 is 11.3 Å². The number of fused-ring (bicyclic) bond motifs is 2. The fourth-order valence-electron chi connectivity index (χ4n) is 3.97. The number of hydrogen-bond acceptors (Lipinski definition) is 4. The Labute approximate surface area is 166 Å². The normalized spacial score (nSPS) is 18.4. The number of allylic oxidation sites excluding steroid dienone is 4. The molecule has 0 spiro atoms. The predicted octanol–water partition coefficient (Wildman–Crippen LogP) is 5.26. The Morgan fingerprint density at radius 3 is 3.04 bits per heavy atom. The number of ether oxygens (including phenoxy) is 1. The maximum atomic E-state index is 5.77. The summed E-state index contributed by atoms with van der Waals surface area (Å²) in [5.74, 6) is 1.08. The van der Waals surface area contributed by atoms with Crippen LogP contribution in [-0.4, -0.2) is 23.0 Å². The summed E-state index contributed by atoms with van der Waals surface area (Å²) in [6, 6.07) is 7.16. The Hall–Kier alpha value is -1.91. The molecule has 0 amide bonds. The summed E-state index contributed by atoms with van der Waals surface area (Å²) in [6.07, 6.45) is 9.51. The fraction of sp³-hybridized carbons (Fsp3) is 0.435. The largest absolute Gasteiger partial charge is 0.493 e. The smallest absolute Gasteiger partial charge is 0.122 e. The summed E-state index contributed by atoms with van der Waals surface area (Å²) in [5.41, 5.74) is 5.35. The van der Waals surface area contributed by atoms with Crippen LogP contribution in [0.5, 0.6) is 5.75 Å². The van der Waals surface area contributed by atoms with Crippen LogP contribution in [0, 0.1) is 0 Å². The molecule has 0 bridgehead atoms. The van der Waals surface area contributed by atoms with Crippen LogP contribution in [0.15, 0.2) is 42.0 Å². The van der Waals surface area contributed by atoms with Gasteiger partial charge in [-0.25, -0.2) is 4.98 Å². The van der Waals surface area contributed by atoms with Crippen LogP contribution in [0.25, 0.3) is 0 Å². The molecule has 0 radical (unpaired) electrons. The molecular formula is C23H28N2OS. The van der Waals surface area contributed by atoms with Gasteiger partial charge < -0.3 is 4.74 Å². The zero-order chi connectivity index (χ0) is 18.8. The lowest BCUT2D eigenvalue weighted by Crippen LogP contribution is -2.32. The second-order valence-electron chi connectivity index (χ2n) is 7.38. The van der Waals surface area contributed by atoms with Crippen molar-refractivity contribution in [1.82, 2.24) is 9.88 Å². The number of thiazole rings is 1. The van der Waals surface area contributed by atoms with Gasteiger partial charge >= 0.3 is 0 Å². The highest BCUT2D eigenvalue weighted by Gasteiger charge is 2.25. The second kappa shape index (κ2) is 7.99. The minimum absolute atomic E-state index is 0.396. The van der Waals surface area contributed by atoms with Gasteiger partial charge in [0.05, 0.1) is 17.3 Å². The Morgan fingerprint density at radius 2 is 2.22 bits per heavy atom. The first-order valence-corrected chi connectivity index (χ1v) is 10.7. The molecule has 2 aromatic rings. The third-order valence-corrected chi connectivity index (χ3v) is 6.74. The van der Waals surface area contributed by atoms with Gasteiger partial charge in [0.15, 0.2) is 0 Å². The van der Waals surface area contributed by atoms with Crippen LogP contribution < -0.4 is 4.74 Å². The predicted molar refractivity (Wildman–Crippen MR) is 113 cm³/mol. The summed E-state index contributed by atoms with van der Waals surface area (Å²) in [5, 5.41) is 1.24. The van der Waals surface area contributed by atoms with Gasteiger partial charge in [-0.05, 0) is 43.5 Å². The molecular weight excluding hydrogens is 352 g/mol. The third kappa shape index (κ3) is 3.87. The van der Waals surface area contributed by atoms with Gasteiger partial charge in [-0.1, -0.05) is 30.4 Å². The summed E-state index contributed by atoms with van der Waals surface area (Å²) in [4.78, 5) is 8.95. The molecule has 4 heteroatoms. The average molecular weight is 381 g/mol. The van der Waals surface area contributed by atoms with E-state index in [-0.39, 0.29) is 0 Å². The summed E-state index contributed by atoms with van der Waals surface area (Å²) >= 11 is 1.89. The molecule has 1 atom stereocenters. The molecule has 0 fully saturated rings. The molecule has 142 valence electrons. The number of aromatic nitrogens is 1. The lowest BCUT2D eigenvalue weighted by atomic mass is 10.0. The molecule has 0 saturated heterocycles. The first-order chi connectivity index (χ1) is 13.2.